The van der Waals surface area contributed by atoms with Crippen molar-refractivity contribution >= 4 is 34.6 Å². The van der Waals surface area contributed by atoms with Crippen LogP contribution in [0.4, 0.5) is 17.5 Å². The van der Waals surface area contributed by atoms with Gasteiger partial charge in [0.05, 0.1) is 5.69 Å². The number of azo groups is 1. The Morgan fingerprint density at radius 2 is 2.09 bits per heavy atom. The van der Waals surface area contributed by atoms with E-state index in [0.29, 0.717) is 11.2 Å². The zero-order valence-electron chi connectivity index (χ0n) is 10.9. The highest BCUT2D eigenvalue weighted by molar-refractivity contribution is 5.91. The molecule has 0 fully saturated rings. The van der Waals surface area contributed by atoms with E-state index in [0.717, 1.165) is 0 Å². The molecule has 3 rings (SSSR count). The average molecular weight is 299 g/mol. The lowest BCUT2D eigenvalue weighted by atomic mass is 10.2. The average Bonchev–Trinajstić information content (AvgIpc) is 2.89. The summed E-state index contributed by atoms with van der Waals surface area (Å²) in [6.07, 6.45) is 1.28. The first-order valence-electron chi connectivity index (χ1n) is 5.99. The number of nitrogens with zero attached hydrogens (tertiary/aromatic N) is 5. The Balaban J connectivity index is 1.91. The van der Waals surface area contributed by atoms with Crippen molar-refractivity contribution in [2.45, 2.75) is 0 Å². The lowest BCUT2D eigenvalue weighted by Crippen LogP contribution is -1.95. The number of aromatic nitrogens is 4. The van der Waals surface area contributed by atoms with Gasteiger partial charge in [0.2, 0.25) is 5.95 Å². The van der Waals surface area contributed by atoms with Crippen molar-refractivity contribution < 1.29 is 15.0 Å². The maximum Gasteiger partial charge on any atom is 0.339 e. The summed E-state index contributed by atoms with van der Waals surface area (Å²) in [6.45, 7) is 0. The Hall–Kier alpha value is -3.56. The summed E-state index contributed by atoms with van der Waals surface area (Å²) in [7, 11) is 0. The Labute approximate surface area is 122 Å². The van der Waals surface area contributed by atoms with Crippen molar-refractivity contribution in [1.29, 1.82) is 0 Å². The minimum absolute atomic E-state index is 0.156. The number of aromatic carboxylic acids is 1. The van der Waals surface area contributed by atoms with Crippen LogP contribution in [-0.4, -0.2) is 36.1 Å². The third kappa shape index (κ3) is 2.40. The van der Waals surface area contributed by atoms with Gasteiger partial charge in [-0.15, -0.1) is 10.2 Å². The predicted molar refractivity (Wildman–Crippen MR) is 75.3 cm³/mol. The number of benzene rings is 1. The Bertz CT molecular complexity index is 903. The van der Waals surface area contributed by atoms with Crippen LogP contribution < -0.4 is 5.73 Å². The number of hydrogen-bond acceptors (Lipinski definition) is 8. The fourth-order valence-electron chi connectivity index (χ4n) is 1.75. The van der Waals surface area contributed by atoms with Gasteiger partial charge in [-0.2, -0.15) is 4.98 Å². The molecule has 110 valence electrons. The number of nitrogens with one attached hydrogen (secondary N) is 1. The van der Waals surface area contributed by atoms with Gasteiger partial charge in [-0.3, -0.25) is 0 Å². The summed E-state index contributed by atoms with van der Waals surface area (Å²) in [5.41, 5.74) is 6.50. The number of hydrogen-bond donors (Lipinski definition) is 4. The van der Waals surface area contributed by atoms with Crippen LogP contribution in [0.3, 0.4) is 0 Å². The molecule has 0 aliphatic carbocycles. The molecule has 0 spiro atoms. The highest BCUT2D eigenvalue weighted by Gasteiger charge is 2.10. The molecule has 0 unspecified atom stereocenters. The van der Waals surface area contributed by atoms with Crippen LogP contribution in [0.15, 0.2) is 34.8 Å². The fourth-order valence-corrected chi connectivity index (χ4v) is 1.75. The Kier molecular flexibility index (Phi) is 3.10. The molecule has 0 aliphatic heterocycles. The number of fused-ring (bicyclic) bond motifs is 1. The van der Waals surface area contributed by atoms with Crippen molar-refractivity contribution in [3.63, 3.8) is 0 Å². The maximum atomic E-state index is 10.8. The van der Waals surface area contributed by atoms with E-state index in [1.54, 1.807) is 0 Å². The molecule has 1 aromatic carbocycles. The van der Waals surface area contributed by atoms with Crippen LogP contribution in [0.2, 0.25) is 0 Å². The second-order valence-corrected chi connectivity index (χ2v) is 4.22. The minimum atomic E-state index is -1.23. The second kappa shape index (κ2) is 5.09. The van der Waals surface area contributed by atoms with Gasteiger partial charge in [-0.05, 0) is 12.1 Å². The monoisotopic (exact) mass is 299 g/mol. The first-order valence-corrected chi connectivity index (χ1v) is 5.99. The zero-order chi connectivity index (χ0) is 15.7. The van der Waals surface area contributed by atoms with Crippen LogP contribution in [0.1, 0.15) is 10.4 Å². The number of carbonyl (C=O) groups is 1. The smallest absolute Gasteiger partial charge is 0.339 e. The summed E-state index contributed by atoms with van der Waals surface area (Å²) >= 11 is 0. The van der Waals surface area contributed by atoms with E-state index in [-0.39, 0.29) is 23.0 Å². The van der Waals surface area contributed by atoms with Gasteiger partial charge in [-0.1, -0.05) is 0 Å². The summed E-state index contributed by atoms with van der Waals surface area (Å²) in [4.78, 5) is 25.4. The number of nitrogen functional groups attached to an aromatic ring is 1. The number of phenols is 1. The molecule has 0 bridgehead atoms. The van der Waals surface area contributed by atoms with E-state index >= 15 is 0 Å². The molecule has 0 radical (unpaired) electrons. The Morgan fingerprint density at radius 3 is 2.77 bits per heavy atom. The van der Waals surface area contributed by atoms with Crippen LogP contribution in [-0.2, 0) is 0 Å². The minimum Gasteiger partial charge on any atom is -0.507 e. The van der Waals surface area contributed by atoms with Crippen molar-refractivity contribution in [2.75, 3.05) is 5.73 Å². The van der Waals surface area contributed by atoms with Gasteiger partial charge in [0.25, 0.3) is 0 Å². The lowest BCUT2D eigenvalue weighted by Gasteiger charge is -1.99. The standard InChI is InChI=1S/C12H9N7O3/c13-9-8-10(15-4-14-9)17-12(16-8)19-18-5-1-2-6(11(21)22)7(20)3-5/h1-4,20H,(H,21,22)(H3,13,14,15,16,17). The first-order chi connectivity index (χ1) is 10.5. The quantitative estimate of drug-likeness (QED) is 0.535. The number of imidazole rings is 1. The van der Waals surface area contributed by atoms with Crippen molar-refractivity contribution in [2.24, 2.45) is 10.2 Å². The molecule has 0 saturated carbocycles. The molecule has 3 aromatic rings. The highest BCUT2D eigenvalue weighted by atomic mass is 16.4. The maximum absolute atomic E-state index is 10.8. The van der Waals surface area contributed by atoms with Crippen molar-refractivity contribution in [3.8, 4) is 5.75 Å². The van der Waals surface area contributed by atoms with Crippen LogP contribution >= 0.6 is 0 Å². The SMILES string of the molecule is Nc1ncnc2nc(N=Nc3ccc(C(=O)O)c(O)c3)[nH]c12. The summed E-state index contributed by atoms with van der Waals surface area (Å²) in [5.74, 6) is -1.23. The molecule has 2 heterocycles. The number of aromatic hydroxyl groups is 1. The highest BCUT2D eigenvalue weighted by Crippen LogP contribution is 2.25. The normalized spacial score (nSPS) is 11.3. The van der Waals surface area contributed by atoms with Gasteiger partial charge >= 0.3 is 5.97 Å². The Morgan fingerprint density at radius 1 is 1.27 bits per heavy atom. The molecule has 0 saturated heterocycles. The van der Waals surface area contributed by atoms with E-state index in [9.17, 15) is 9.90 Å². The molecule has 10 heteroatoms. The number of carboxylic acid groups (broad SMARTS) is 1. The van der Waals surface area contributed by atoms with E-state index in [1.165, 1.54) is 24.5 Å². The van der Waals surface area contributed by atoms with Gasteiger partial charge in [0.15, 0.2) is 11.5 Å². The summed E-state index contributed by atoms with van der Waals surface area (Å²) < 4.78 is 0. The summed E-state index contributed by atoms with van der Waals surface area (Å²) in [5, 5.41) is 26.1. The van der Waals surface area contributed by atoms with Crippen LogP contribution in [0.5, 0.6) is 5.75 Å². The van der Waals surface area contributed by atoms with E-state index in [4.69, 9.17) is 10.8 Å². The number of carboxylic acids is 1. The molecule has 10 nitrogen and oxygen atoms in total. The van der Waals surface area contributed by atoms with Crippen LogP contribution in [0.25, 0.3) is 11.2 Å². The molecule has 0 amide bonds. The number of nitrogens with two attached hydrogens (primary N) is 1. The number of H-pyrrole nitrogens is 1. The fraction of sp³-hybridized carbons (Fsp3) is 0. The molecular weight excluding hydrogens is 290 g/mol. The number of aromatic amines is 1. The largest absolute Gasteiger partial charge is 0.507 e. The van der Waals surface area contributed by atoms with Crippen LogP contribution in [0, 0.1) is 0 Å². The van der Waals surface area contributed by atoms with Crippen molar-refractivity contribution in [3.05, 3.63) is 30.1 Å². The van der Waals surface area contributed by atoms with Gasteiger partial charge in [0, 0.05) is 6.07 Å². The molecule has 0 atom stereocenters. The van der Waals surface area contributed by atoms with E-state index in [2.05, 4.69) is 30.2 Å². The third-order valence-electron chi connectivity index (χ3n) is 2.78. The molecule has 22 heavy (non-hydrogen) atoms. The second-order valence-electron chi connectivity index (χ2n) is 4.22. The lowest BCUT2D eigenvalue weighted by molar-refractivity contribution is 0.0694. The van der Waals surface area contributed by atoms with Gasteiger partial charge < -0.3 is 20.9 Å². The molecular formula is C12H9N7O3. The molecule has 5 N–H and O–H groups in total. The van der Waals surface area contributed by atoms with E-state index in [1.807, 2.05) is 0 Å². The molecule has 0 aliphatic rings. The van der Waals surface area contributed by atoms with E-state index < -0.39 is 11.7 Å². The summed E-state index contributed by atoms with van der Waals surface area (Å²) in [6, 6.07) is 3.82. The predicted octanol–water partition coefficient (Wildman–Crippen LogP) is 1.75. The molecule has 2 aromatic heterocycles. The first kappa shape index (κ1) is 13.4. The van der Waals surface area contributed by atoms with Gasteiger partial charge in [-0.25, -0.2) is 14.8 Å². The number of anilines is 1. The zero-order valence-corrected chi connectivity index (χ0v) is 10.9. The third-order valence-corrected chi connectivity index (χ3v) is 2.78. The topological polar surface area (TPSA) is 163 Å². The van der Waals surface area contributed by atoms with Gasteiger partial charge in [0.1, 0.15) is 23.2 Å². The number of rotatable bonds is 3. The van der Waals surface area contributed by atoms with Crippen molar-refractivity contribution in [1.82, 2.24) is 19.9 Å².